The fourth-order valence-corrected chi connectivity index (χ4v) is 32.2. The molecule has 0 aliphatic heterocycles. The van der Waals surface area contributed by atoms with Crippen LogP contribution in [0.5, 0.6) is 0 Å². The minimum absolute atomic E-state index is 0.0762. The molecule has 23 heavy (non-hydrogen) atoms. The first-order valence-corrected chi connectivity index (χ1v) is 24.7. The number of benzene rings is 1. The third kappa shape index (κ3) is 3.75. The summed E-state index contributed by atoms with van der Waals surface area (Å²) in [5.41, 5.74) is 2.91. The van der Waals surface area contributed by atoms with Crippen LogP contribution in [0.1, 0.15) is 42.4 Å². The van der Waals surface area contributed by atoms with Gasteiger partial charge in [0.15, 0.2) is 0 Å². The Kier molecular flexibility index (Phi) is 5.58. The van der Waals surface area contributed by atoms with E-state index in [0.717, 1.165) is 21.2 Å². The molecule has 1 aromatic carbocycles. The van der Waals surface area contributed by atoms with Crippen LogP contribution in [0, 0.1) is 5.82 Å². The predicted octanol–water partition coefficient (Wildman–Crippen LogP) is 6.33. The van der Waals surface area contributed by atoms with E-state index in [9.17, 15) is 4.39 Å². The first kappa shape index (κ1) is 20.3. The summed E-state index contributed by atoms with van der Waals surface area (Å²) in [6.45, 7) is 12.8. The molecule has 1 N–H and O–H groups in total. The van der Waals surface area contributed by atoms with E-state index >= 15 is 0 Å². The number of rotatable bonds is 3. The third-order valence-electron chi connectivity index (χ3n) is 4.47. The van der Waals surface area contributed by atoms with Crippen molar-refractivity contribution >= 4 is 45.0 Å². The van der Waals surface area contributed by atoms with Gasteiger partial charge in [-0.25, -0.2) is 0 Å². The van der Waals surface area contributed by atoms with Gasteiger partial charge in [0, 0.05) is 0 Å². The summed E-state index contributed by atoms with van der Waals surface area (Å²) < 4.78 is 18.4. The van der Waals surface area contributed by atoms with Crippen LogP contribution >= 0.6 is 33.0 Å². The molecule has 2 rings (SSSR count). The van der Waals surface area contributed by atoms with Crippen LogP contribution < -0.4 is 3.26 Å². The quantitative estimate of drug-likeness (QED) is 0.461. The van der Waals surface area contributed by atoms with Gasteiger partial charge in [-0.1, -0.05) is 0 Å². The van der Waals surface area contributed by atoms with Crippen molar-refractivity contribution in [3.63, 3.8) is 0 Å². The van der Waals surface area contributed by atoms with Gasteiger partial charge in [-0.3, -0.25) is 0 Å². The average molecular weight is 519 g/mol. The van der Waals surface area contributed by atoms with E-state index in [-0.39, 0.29) is 15.0 Å². The summed E-state index contributed by atoms with van der Waals surface area (Å²) in [4.78, 5) is 0. The Bertz CT molecular complexity index is 685. The molecular formula is C16H24BrCl2FNSiZr. The van der Waals surface area contributed by atoms with Gasteiger partial charge >= 0.3 is 158 Å². The van der Waals surface area contributed by atoms with Gasteiger partial charge in [0.2, 0.25) is 0 Å². The molecule has 1 unspecified atom stereocenters. The first-order valence-electron chi connectivity index (χ1n) is 7.80. The van der Waals surface area contributed by atoms with Crippen LogP contribution in [0.3, 0.4) is 0 Å². The summed E-state index contributed by atoms with van der Waals surface area (Å²) in [7, 11) is 14.8. The van der Waals surface area contributed by atoms with Crippen molar-refractivity contribution in [3.8, 4) is 0 Å². The molecule has 0 radical (unpaired) electrons. The van der Waals surface area contributed by atoms with Crippen LogP contribution in [0.4, 0.5) is 4.39 Å². The number of halogens is 4. The first-order chi connectivity index (χ1) is 10.3. The van der Waals surface area contributed by atoms with E-state index in [2.05, 4.69) is 66.1 Å². The van der Waals surface area contributed by atoms with Gasteiger partial charge in [0.1, 0.15) is 0 Å². The van der Waals surface area contributed by atoms with Gasteiger partial charge in [-0.15, -0.1) is 0 Å². The number of fused-ring (bicyclic) bond motifs is 1. The second kappa shape index (κ2) is 6.32. The standard InChI is InChI=1S/C10H7BrF.C4H10N.C2H7Si.2ClH.Zr/c1-6-2-7-4-8(12)5-10(11)9(7)3-6;1-4(2,3)5;1-3-2;;;/h2-5H,1H3;5H,1-3H3;3H,1-2H3;2*1H;/q;-1;;;;+3/p-2. The van der Waals surface area contributed by atoms with Crippen LogP contribution in [0.25, 0.3) is 6.08 Å². The molecule has 1 aliphatic rings. The summed E-state index contributed by atoms with van der Waals surface area (Å²) in [6, 6.07) is 3.11. The van der Waals surface area contributed by atoms with Crippen molar-refractivity contribution < 1.29 is 20.2 Å². The second-order valence-electron chi connectivity index (χ2n) is 7.89. The maximum absolute atomic E-state index is 14.1. The summed E-state index contributed by atoms with van der Waals surface area (Å²) >= 11 is -0.907. The van der Waals surface area contributed by atoms with E-state index in [4.69, 9.17) is 17.0 Å². The normalized spacial score (nSPS) is 20.2. The monoisotopic (exact) mass is 516 g/mol. The molecule has 1 aliphatic carbocycles. The van der Waals surface area contributed by atoms with Gasteiger partial charge in [-0.2, -0.15) is 0 Å². The molecule has 0 aromatic heterocycles. The van der Waals surface area contributed by atoms with Crippen LogP contribution in [0.2, 0.25) is 13.1 Å². The van der Waals surface area contributed by atoms with Crippen molar-refractivity contribution in [1.82, 2.24) is 3.26 Å². The SMILES string of the molecule is CC1=Cc2c(Br)cc(F)cc2[CH]1[Zr]([Cl])([Cl])([NH]C(C)(C)C)[SiH](C)C. The molecular weight excluding hydrogens is 495 g/mol. The topological polar surface area (TPSA) is 12.0 Å². The number of hydrogen-bond acceptors (Lipinski definition) is 1. The van der Waals surface area contributed by atoms with Crippen molar-refractivity contribution in [2.75, 3.05) is 0 Å². The molecule has 0 fully saturated rings. The Morgan fingerprint density at radius 3 is 2.30 bits per heavy atom. The zero-order valence-corrected chi connectivity index (χ0v) is 21.1. The molecule has 0 amide bonds. The maximum atomic E-state index is 14.1. The Balaban J connectivity index is 2.71. The number of allylic oxidation sites excluding steroid dienone is 1. The van der Waals surface area contributed by atoms with E-state index < -0.39 is 21.8 Å². The zero-order chi connectivity index (χ0) is 17.8. The molecule has 0 saturated heterocycles. The molecule has 1 atom stereocenters. The van der Waals surface area contributed by atoms with Crippen LogP contribution in [0.15, 0.2) is 22.2 Å². The minimum atomic E-state index is -4.39. The van der Waals surface area contributed by atoms with E-state index in [1.54, 1.807) is 6.07 Å². The summed E-state index contributed by atoms with van der Waals surface area (Å²) in [6.07, 6.45) is 2.10. The Labute approximate surface area is 156 Å². The molecule has 0 bridgehead atoms. The fraction of sp³-hybridized carbons (Fsp3) is 0.500. The Morgan fingerprint density at radius 2 is 1.83 bits per heavy atom. The van der Waals surface area contributed by atoms with Gasteiger partial charge < -0.3 is 0 Å². The molecule has 0 saturated carbocycles. The van der Waals surface area contributed by atoms with Gasteiger partial charge in [0.25, 0.3) is 0 Å². The van der Waals surface area contributed by atoms with Crippen molar-refractivity contribution in [3.05, 3.63) is 39.1 Å². The van der Waals surface area contributed by atoms with Crippen LogP contribution in [-0.4, -0.2) is 11.5 Å². The van der Waals surface area contributed by atoms with E-state index in [1.807, 2.05) is 0 Å². The number of hydrogen-bond donors (Lipinski definition) is 1. The van der Waals surface area contributed by atoms with Gasteiger partial charge in [-0.05, 0) is 0 Å². The molecule has 129 valence electrons. The summed E-state index contributed by atoms with van der Waals surface area (Å²) in [5.74, 6) is -1.70. The molecule has 0 heterocycles. The molecule has 0 spiro atoms. The van der Waals surface area contributed by atoms with E-state index in [1.165, 1.54) is 6.07 Å². The number of nitrogens with one attached hydrogen (secondary N) is 1. The fourth-order valence-electron chi connectivity index (χ4n) is 3.52. The average Bonchev–Trinajstić information content (AvgIpc) is 2.63. The zero-order valence-electron chi connectivity index (χ0n) is 14.4. The molecule has 1 nitrogen and oxygen atoms in total. The van der Waals surface area contributed by atoms with Crippen molar-refractivity contribution in [1.29, 1.82) is 0 Å². The summed E-state index contributed by atoms with van der Waals surface area (Å²) in [5, 5.41) is 0. The van der Waals surface area contributed by atoms with Gasteiger partial charge in [0.05, 0.1) is 0 Å². The predicted molar refractivity (Wildman–Crippen MR) is 104 cm³/mol. The molecule has 7 heteroatoms. The third-order valence-corrected chi connectivity index (χ3v) is 52.4. The van der Waals surface area contributed by atoms with Crippen molar-refractivity contribution in [2.45, 2.75) is 50.0 Å². The second-order valence-corrected chi connectivity index (χ2v) is 49.5. The van der Waals surface area contributed by atoms with Crippen molar-refractivity contribution in [2.24, 2.45) is 0 Å². The molecule has 1 aromatic rings. The Morgan fingerprint density at radius 1 is 1.26 bits per heavy atom. The Hall–Kier alpha value is 1.01. The van der Waals surface area contributed by atoms with Crippen LogP contribution in [-0.2, 0) is 15.8 Å². The van der Waals surface area contributed by atoms with E-state index in [0.29, 0.717) is 0 Å².